The molecule has 0 aliphatic rings. The molecular formula is C23H39ClO2. The van der Waals surface area contributed by atoms with Gasteiger partial charge in [0.1, 0.15) is 0 Å². The van der Waals surface area contributed by atoms with Gasteiger partial charge in [0.25, 0.3) is 0 Å². The lowest BCUT2D eigenvalue weighted by Crippen LogP contribution is -2.12. The number of halogens is 1. The van der Waals surface area contributed by atoms with Gasteiger partial charge in [0.2, 0.25) is 0 Å². The zero-order valence-corrected chi connectivity index (χ0v) is 17.7. The van der Waals surface area contributed by atoms with Gasteiger partial charge in [0, 0.05) is 6.42 Å². The van der Waals surface area contributed by atoms with E-state index in [4.69, 9.17) is 16.3 Å². The summed E-state index contributed by atoms with van der Waals surface area (Å²) in [5, 5.41) is 0. The van der Waals surface area contributed by atoms with Gasteiger partial charge in [-0.05, 0) is 51.4 Å². The molecule has 0 aromatic heterocycles. The summed E-state index contributed by atoms with van der Waals surface area (Å²) in [5.74, 6) is -0.151. The summed E-state index contributed by atoms with van der Waals surface area (Å²) in [4.78, 5) is 11.6. The van der Waals surface area contributed by atoms with Crippen LogP contribution in [0.1, 0.15) is 97.3 Å². The largest absolute Gasteiger partial charge is 0.446 e. The Labute approximate surface area is 166 Å². The van der Waals surface area contributed by atoms with Crippen LogP contribution in [0.3, 0.4) is 0 Å². The van der Waals surface area contributed by atoms with Gasteiger partial charge >= 0.3 is 5.97 Å². The Morgan fingerprint density at radius 1 is 0.846 bits per heavy atom. The number of allylic oxidation sites excluding steroid dienone is 6. The molecule has 0 radical (unpaired) electrons. The third-order valence-corrected chi connectivity index (χ3v) is 4.38. The topological polar surface area (TPSA) is 26.3 Å². The zero-order valence-electron chi connectivity index (χ0n) is 16.9. The van der Waals surface area contributed by atoms with Gasteiger partial charge in [-0.15, -0.1) is 0 Å². The van der Waals surface area contributed by atoms with Crippen LogP contribution in [-0.4, -0.2) is 11.5 Å². The molecule has 26 heavy (non-hydrogen) atoms. The maximum atomic E-state index is 11.6. The molecule has 3 heteroatoms. The molecule has 0 aromatic carbocycles. The fourth-order valence-corrected chi connectivity index (χ4v) is 2.77. The van der Waals surface area contributed by atoms with E-state index in [1.807, 2.05) is 0 Å². The number of rotatable bonds is 17. The Balaban J connectivity index is 3.38. The fraction of sp³-hybridized carbons (Fsp3) is 0.696. The molecule has 0 N–H and O–H groups in total. The molecule has 1 unspecified atom stereocenters. The van der Waals surface area contributed by atoms with E-state index >= 15 is 0 Å². The lowest BCUT2D eigenvalue weighted by molar-refractivity contribution is -0.145. The highest BCUT2D eigenvalue weighted by Crippen LogP contribution is 2.12. The molecule has 0 bridgehead atoms. The van der Waals surface area contributed by atoms with Crippen LogP contribution in [0.5, 0.6) is 0 Å². The standard InChI is InChI=1S/C23H39ClO2/c1-3-5-7-8-9-10-11-12-13-14-15-16-17-18-19-21-23(25)26-22(24)20-6-4-2/h5,7,9-10,12-13,22H,3-4,6,8,11,14-21H2,1-2H3/b7-5-,10-9-,13-12-. The first-order valence-electron chi connectivity index (χ1n) is 10.5. The maximum Gasteiger partial charge on any atom is 0.307 e. The van der Waals surface area contributed by atoms with E-state index in [9.17, 15) is 4.79 Å². The van der Waals surface area contributed by atoms with E-state index in [2.05, 4.69) is 50.3 Å². The van der Waals surface area contributed by atoms with Crippen LogP contribution in [0, 0.1) is 0 Å². The van der Waals surface area contributed by atoms with Crippen LogP contribution in [0.25, 0.3) is 0 Å². The third-order valence-electron chi connectivity index (χ3n) is 4.08. The average molecular weight is 383 g/mol. The van der Waals surface area contributed by atoms with Crippen LogP contribution in [0.4, 0.5) is 0 Å². The van der Waals surface area contributed by atoms with E-state index in [-0.39, 0.29) is 5.97 Å². The Bertz CT molecular complexity index is 399. The molecule has 0 aliphatic carbocycles. The van der Waals surface area contributed by atoms with Gasteiger partial charge in [-0.1, -0.05) is 87.6 Å². The van der Waals surface area contributed by atoms with Crippen LogP contribution in [0.2, 0.25) is 0 Å². The monoisotopic (exact) mass is 382 g/mol. The second-order valence-electron chi connectivity index (χ2n) is 6.64. The number of ether oxygens (including phenoxy) is 1. The zero-order chi connectivity index (χ0) is 19.3. The summed E-state index contributed by atoms with van der Waals surface area (Å²) in [6.45, 7) is 4.26. The van der Waals surface area contributed by atoms with E-state index in [1.54, 1.807) is 0 Å². The summed E-state index contributed by atoms with van der Waals surface area (Å²) >= 11 is 5.97. The number of esters is 1. The summed E-state index contributed by atoms with van der Waals surface area (Å²) in [6.07, 6.45) is 26.7. The van der Waals surface area contributed by atoms with Crippen LogP contribution >= 0.6 is 11.6 Å². The molecule has 0 aromatic rings. The Hall–Kier alpha value is -1.02. The fourth-order valence-electron chi connectivity index (χ4n) is 2.51. The van der Waals surface area contributed by atoms with Crippen LogP contribution in [0.15, 0.2) is 36.5 Å². The molecule has 1 atom stereocenters. The predicted molar refractivity (Wildman–Crippen MR) is 115 cm³/mol. The van der Waals surface area contributed by atoms with Crippen molar-refractivity contribution in [1.82, 2.24) is 0 Å². The summed E-state index contributed by atoms with van der Waals surface area (Å²) in [7, 11) is 0. The van der Waals surface area contributed by atoms with Crippen molar-refractivity contribution in [3.05, 3.63) is 36.5 Å². The predicted octanol–water partition coefficient (Wildman–Crippen LogP) is 7.87. The minimum Gasteiger partial charge on any atom is -0.446 e. The summed E-state index contributed by atoms with van der Waals surface area (Å²) in [5.41, 5.74) is -0.447. The molecule has 0 saturated heterocycles. The highest BCUT2D eigenvalue weighted by molar-refractivity contribution is 6.20. The highest BCUT2D eigenvalue weighted by atomic mass is 35.5. The van der Waals surface area contributed by atoms with Gasteiger partial charge in [0.15, 0.2) is 5.56 Å². The third kappa shape index (κ3) is 19.3. The van der Waals surface area contributed by atoms with Crippen molar-refractivity contribution in [2.24, 2.45) is 0 Å². The summed E-state index contributed by atoms with van der Waals surface area (Å²) < 4.78 is 5.18. The molecule has 0 aliphatic heterocycles. The smallest absolute Gasteiger partial charge is 0.307 e. The van der Waals surface area contributed by atoms with E-state index in [0.717, 1.165) is 57.8 Å². The Morgan fingerprint density at radius 2 is 1.46 bits per heavy atom. The minimum absolute atomic E-state index is 0.151. The van der Waals surface area contributed by atoms with Crippen molar-refractivity contribution >= 4 is 17.6 Å². The van der Waals surface area contributed by atoms with Crippen molar-refractivity contribution in [3.63, 3.8) is 0 Å². The SMILES string of the molecule is CC/C=C\C/C=C\C/C=C\CCCCCCCC(=O)OC(Cl)CCCC. The second kappa shape index (κ2) is 20.3. The highest BCUT2D eigenvalue weighted by Gasteiger charge is 2.10. The van der Waals surface area contributed by atoms with Crippen LogP contribution < -0.4 is 0 Å². The number of carbonyl (C=O) groups is 1. The van der Waals surface area contributed by atoms with Gasteiger partial charge in [-0.25, -0.2) is 0 Å². The van der Waals surface area contributed by atoms with Crippen molar-refractivity contribution in [2.75, 3.05) is 0 Å². The Morgan fingerprint density at radius 3 is 2.15 bits per heavy atom. The van der Waals surface area contributed by atoms with Crippen molar-refractivity contribution in [3.8, 4) is 0 Å². The van der Waals surface area contributed by atoms with Crippen molar-refractivity contribution in [2.45, 2.75) is 103 Å². The first-order valence-corrected chi connectivity index (χ1v) is 10.9. The van der Waals surface area contributed by atoms with E-state index in [0.29, 0.717) is 6.42 Å². The molecule has 0 fully saturated rings. The summed E-state index contributed by atoms with van der Waals surface area (Å²) in [6, 6.07) is 0. The second-order valence-corrected chi connectivity index (χ2v) is 7.13. The van der Waals surface area contributed by atoms with Crippen molar-refractivity contribution in [1.29, 1.82) is 0 Å². The molecular weight excluding hydrogens is 344 g/mol. The first kappa shape index (κ1) is 25.0. The first-order chi connectivity index (χ1) is 12.7. The van der Waals surface area contributed by atoms with Gasteiger partial charge in [-0.3, -0.25) is 4.79 Å². The molecule has 150 valence electrons. The van der Waals surface area contributed by atoms with Crippen molar-refractivity contribution < 1.29 is 9.53 Å². The van der Waals surface area contributed by atoms with Gasteiger partial charge < -0.3 is 4.74 Å². The molecule has 0 saturated carbocycles. The van der Waals surface area contributed by atoms with E-state index in [1.165, 1.54) is 19.3 Å². The number of alkyl halides is 1. The molecule has 2 nitrogen and oxygen atoms in total. The molecule has 0 amide bonds. The number of hydrogen-bond donors (Lipinski definition) is 0. The lowest BCUT2D eigenvalue weighted by Gasteiger charge is -2.10. The lowest BCUT2D eigenvalue weighted by atomic mass is 10.1. The normalized spacial score (nSPS) is 13.2. The number of unbranched alkanes of at least 4 members (excludes halogenated alkanes) is 6. The minimum atomic E-state index is -0.447. The van der Waals surface area contributed by atoms with Gasteiger partial charge in [-0.2, -0.15) is 0 Å². The molecule has 0 heterocycles. The maximum absolute atomic E-state index is 11.6. The molecule has 0 spiro atoms. The number of carbonyl (C=O) groups excluding carboxylic acids is 1. The van der Waals surface area contributed by atoms with Crippen LogP contribution in [-0.2, 0) is 9.53 Å². The molecule has 0 rings (SSSR count). The number of hydrogen-bond acceptors (Lipinski definition) is 2. The Kier molecular flexibility index (Phi) is 19.5. The van der Waals surface area contributed by atoms with Gasteiger partial charge in [0.05, 0.1) is 0 Å². The quantitative estimate of drug-likeness (QED) is 0.111. The van der Waals surface area contributed by atoms with E-state index < -0.39 is 5.56 Å². The average Bonchev–Trinajstić information content (AvgIpc) is 2.63.